The van der Waals surface area contributed by atoms with Gasteiger partial charge in [0.25, 0.3) is 0 Å². The molecule has 0 aromatic carbocycles. The third-order valence-corrected chi connectivity index (χ3v) is 1.00. The minimum Gasteiger partial charge on any atom is -0.287 e. The van der Waals surface area contributed by atoms with E-state index < -0.39 is 14.0 Å². The quantitative estimate of drug-likeness (QED) is 0.425. The van der Waals surface area contributed by atoms with Gasteiger partial charge in [-0.3, -0.25) is 4.52 Å². The number of halogens is 2. The SMILES string of the molecule is BC(C)OP(=O)(F)F. The van der Waals surface area contributed by atoms with Gasteiger partial charge in [-0.15, -0.1) is 8.39 Å². The summed E-state index contributed by atoms with van der Waals surface area (Å²) in [5.74, 6) is 0. The van der Waals surface area contributed by atoms with E-state index in [1.807, 2.05) is 0 Å². The largest absolute Gasteiger partial charge is 0.551 e. The molecule has 6 heteroatoms. The van der Waals surface area contributed by atoms with Gasteiger partial charge >= 0.3 is 7.99 Å². The molecule has 0 aliphatic rings. The van der Waals surface area contributed by atoms with Crippen molar-refractivity contribution in [3.63, 3.8) is 0 Å². The first kappa shape index (κ1) is 8.11. The second kappa shape index (κ2) is 2.60. The van der Waals surface area contributed by atoms with Crippen molar-refractivity contribution in [2.24, 2.45) is 0 Å². The zero-order chi connectivity index (χ0) is 6.78. The molecule has 2 nitrogen and oxygen atoms in total. The highest BCUT2D eigenvalue weighted by Crippen LogP contribution is 2.50. The first-order valence-corrected chi connectivity index (χ1v) is 3.50. The lowest BCUT2D eigenvalue weighted by Gasteiger charge is -2.02. The van der Waals surface area contributed by atoms with E-state index >= 15 is 0 Å². The molecule has 0 aliphatic carbocycles. The van der Waals surface area contributed by atoms with Crippen molar-refractivity contribution in [2.75, 3.05) is 0 Å². The van der Waals surface area contributed by atoms with E-state index in [-0.39, 0.29) is 0 Å². The van der Waals surface area contributed by atoms with Gasteiger partial charge < -0.3 is 0 Å². The molecule has 0 aromatic heterocycles. The summed E-state index contributed by atoms with van der Waals surface area (Å²) in [6.07, 6.45) is 0. The molecular formula is C2H6BF2O2P. The van der Waals surface area contributed by atoms with Crippen molar-refractivity contribution in [3.05, 3.63) is 0 Å². The highest BCUT2D eigenvalue weighted by atomic mass is 31.2. The molecule has 0 spiro atoms. The van der Waals surface area contributed by atoms with E-state index in [0.29, 0.717) is 0 Å². The van der Waals surface area contributed by atoms with Crippen LogP contribution in [0.2, 0.25) is 0 Å². The first-order chi connectivity index (χ1) is 3.42. The standard InChI is InChI=1S/C2H6BF2O2P/c1-2(3)7-8(4,5)6/h2H,3H2,1H3. The molecule has 0 aliphatic heterocycles. The van der Waals surface area contributed by atoms with Crippen molar-refractivity contribution in [2.45, 2.75) is 12.9 Å². The average molecular weight is 142 g/mol. The second-order valence-corrected chi connectivity index (χ2v) is 2.61. The molecule has 0 aromatic rings. The van der Waals surface area contributed by atoms with Crippen LogP contribution in [0.1, 0.15) is 6.92 Å². The number of rotatable bonds is 2. The van der Waals surface area contributed by atoms with E-state index in [4.69, 9.17) is 0 Å². The van der Waals surface area contributed by atoms with Crippen LogP contribution in [-0.4, -0.2) is 13.8 Å². The van der Waals surface area contributed by atoms with Gasteiger partial charge in [0.1, 0.15) is 7.85 Å². The Kier molecular flexibility index (Phi) is 2.64. The van der Waals surface area contributed by atoms with Crippen LogP contribution in [0.25, 0.3) is 0 Å². The van der Waals surface area contributed by atoms with Crippen LogP contribution >= 0.6 is 7.99 Å². The zero-order valence-electron chi connectivity index (χ0n) is 4.60. The van der Waals surface area contributed by atoms with Gasteiger partial charge in [-0.1, -0.05) is 0 Å². The molecule has 1 unspecified atom stereocenters. The van der Waals surface area contributed by atoms with Crippen molar-refractivity contribution in [1.82, 2.24) is 0 Å². The van der Waals surface area contributed by atoms with E-state index in [0.717, 1.165) is 0 Å². The highest BCUT2D eigenvalue weighted by Gasteiger charge is 2.21. The third-order valence-electron chi connectivity index (χ3n) is 0.334. The second-order valence-electron chi connectivity index (χ2n) is 1.57. The van der Waals surface area contributed by atoms with E-state index in [2.05, 4.69) is 4.52 Å². The summed E-state index contributed by atoms with van der Waals surface area (Å²) in [4.78, 5) is 0. The van der Waals surface area contributed by atoms with Crippen molar-refractivity contribution in [3.8, 4) is 0 Å². The molecule has 0 rings (SSSR count). The summed E-state index contributed by atoms with van der Waals surface area (Å²) in [7, 11) is -3.83. The van der Waals surface area contributed by atoms with Gasteiger partial charge in [-0.25, -0.2) is 4.57 Å². The fraction of sp³-hybridized carbons (Fsp3) is 1.00. The van der Waals surface area contributed by atoms with Crippen LogP contribution in [0.5, 0.6) is 0 Å². The Morgan fingerprint density at radius 3 is 2.12 bits per heavy atom. The maximum atomic E-state index is 11.3. The molecule has 0 amide bonds. The van der Waals surface area contributed by atoms with Crippen LogP contribution in [0.4, 0.5) is 8.39 Å². The van der Waals surface area contributed by atoms with Crippen LogP contribution in [0.3, 0.4) is 0 Å². The van der Waals surface area contributed by atoms with Gasteiger partial charge in [0, 0.05) is 6.00 Å². The Bertz CT molecular complexity index is 111. The normalized spacial score (nSPS) is 15.9. The van der Waals surface area contributed by atoms with E-state index in [9.17, 15) is 13.0 Å². The first-order valence-electron chi connectivity index (χ1n) is 2.09. The van der Waals surface area contributed by atoms with Crippen LogP contribution in [-0.2, 0) is 9.09 Å². The van der Waals surface area contributed by atoms with Crippen molar-refractivity contribution in [1.29, 1.82) is 0 Å². The molecule has 0 saturated carbocycles. The van der Waals surface area contributed by atoms with Crippen molar-refractivity contribution < 1.29 is 17.5 Å². The molecule has 0 radical (unpaired) electrons. The lowest BCUT2D eigenvalue weighted by atomic mass is 10.0. The molecule has 48 valence electrons. The summed E-state index contributed by atoms with van der Waals surface area (Å²) in [5.41, 5.74) is 0. The molecule has 0 N–H and O–H groups in total. The van der Waals surface area contributed by atoms with E-state index in [1.54, 1.807) is 0 Å². The lowest BCUT2D eigenvalue weighted by molar-refractivity contribution is 0.243. The van der Waals surface area contributed by atoms with Gasteiger partial charge in [0.05, 0.1) is 0 Å². The molecule has 0 heterocycles. The predicted octanol–water partition coefficient (Wildman–Crippen LogP) is 1.03. The molecular weight excluding hydrogens is 136 g/mol. The Balaban J connectivity index is 3.56. The highest BCUT2D eigenvalue weighted by molar-refractivity contribution is 7.47. The molecule has 8 heavy (non-hydrogen) atoms. The Morgan fingerprint density at radius 1 is 1.75 bits per heavy atom. The van der Waals surface area contributed by atoms with Gasteiger partial charge in [0.15, 0.2) is 0 Å². The zero-order valence-corrected chi connectivity index (χ0v) is 5.49. The monoisotopic (exact) mass is 142 g/mol. The van der Waals surface area contributed by atoms with Crippen molar-refractivity contribution >= 4 is 15.8 Å². The summed E-state index contributed by atoms with van der Waals surface area (Å²) in [5, 5.41) is 0. The van der Waals surface area contributed by atoms with Crippen LogP contribution < -0.4 is 0 Å². The molecule has 0 fully saturated rings. The minimum absolute atomic E-state index is 0.671. The minimum atomic E-state index is -5.22. The Hall–Kier alpha value is 0.115. The summed E-state index contributed by atoms with van der Waals surface area (Å²) in [6, 6.07) is -0.671. The smallest absolute Gasteiger partial charge is 0.287 e. The summed E-state index contributed by atoms with van der Waals surface area (Å²) < 4.78 is 35.7. The van der Waals surface area contributed by atoms with Crippen LogP contribution in [0.15, 0.2) is 0 Å². The average Bonchev–Trinajstić information content (AvgIpc) is 1.21. The lowest BCUT2D eigenvalue weighted by Crippen LogP contribution is -2.01. The Labute approximate surface area is 47.3 Å². The summed E-state index contributed by atoms with van der Waals surface area (Å²) in [6.45, 7) is 1.39. The van der Waals surface area contributed by atoms with Gasteiger partial charge in [-0.2, -0.15) is 0 Å². The van der Waals surface area contributed by atoms with E-state index in [1.165, 1.54) is 14.8 Å². The maximum absolute atomic E-state index is 11.3. The van der Waals surface area contributed by atoms with Gasteiger partial charge in [0.2, 0.25) is 0 Å². The topological polar surface area (TPSA) is 26.3 Å². The number of hydrogen-bond acceptors (Lipinski definition) is 2. The number of hydrogen-bond donors (Lipinski definition) is 0. The third kappa shape index (κ3) is 6.11. The fourth-order valence-corrected chi connectivity index (χ4v) is 0.736. The summed E-state index contributed by atoms with van der Waals surface area (Å²) >= 11 is 0. The molecule has 0 bridgehead atoms. The van der Waals surface area contributed by atoms with Crippen LogP contribution in [0, 0.1) is 0 Å². The van der Waals surface area contributed by atoms with Gasteiger partial charge in [-0.05, 0) is 6.92 Å². The molecule has 1 atom stereocenters. The Morgan fingerprint density at radius 2 is 2.12 bits per heavy atom. The predicted molar refractivity (Wildman–Crippen MR) is 28.9 cm³/mol. The maximum Gasteiger partial charge on any atom is 0.551 e. The fourth-order valence-electron chi connectivity index (χ4n) is 0.245. The molecule has 0 saturated heterocycles.